The molecule has 0 radical (unpaired) electrons. The van der Waals surface area contributed by atoms with Gasteiger partial charge in [-0.3, -0.25) is 0 Å². The Labute approximate surface area is 120 Å². The molecule has 1 aliphatic heterocycles. The van der Waals surface area contributed by atoms with Crippen LogP contribution < -0.4 is 0 Å². The topological polar surface area (TPSA) is 46.6 Å². The zero-order valence-electron chi connectivity index (χ0n) is 9.60. The lowest BCUT2D eigenvalue weighted by Gasteiger charge is -2.20. The predicted molar refractivity (Wildman–Crippen MR) is 73.3 cm³/mol. The van der Waals surface area contributed by atoms with Crippen molar-refractivity contribution in [1.82, 2.24) is 4.31 Å². The molecule has 0 aromatic heterocycles. The molecule has 0 atom stereocenters. The molecule has 1 aromatic rings. The van der Waals surface area contributed by atoms with Gasteiger partial charge in [0.2, 0.25) is 10.0 Å². The van der Waals surface area contributed by atoms with Gasteiger partial charge in [-0.2, -0.15) is 4.31 Å². The molecular formula is C11H13BrClNO3S. The first-order chi connectivity index (χ1) is 8.51. The molecule has 1 saturated heterocycles. The maximum atomic E-state index is 12.4. The molecule has 1 aliphatic rings. The number of benzene rings is 1. The van der Waals surface area contributed by atoms with Crippen molar-refractivity contribution < 1.29 is 13.2 Å². The van der Waals surface area contributed by atoms with E-state index in [4.69, 9.17) is 16.3 Å². The summed E-state index contributed by atoms with van der Waals surface area (Å²) in [6.07, 6.45) is 0.702. The fourth-order valence-electron chi connectivity index (χ4n) is 1.79. The first-order valence-electron chi connectivity index (χ1n) is 5.55. The summed E-state index contributed by atoms with van der Waals surface area (Å²) in [6.45, 7) is 1.86. The maximum absolute atomic E-state index is 12.4. The van der Waals surface area contributed by atoms with Gasteiger partial charge in [0.05, 0.1) is 11.6 Å². The Morgan fingerprint density at radius 3 is 2.78 bits per heavy atom. The number of rotatable bonds is 2. The molecule has 0 spiro atoms. The van der Waals surface area contributed by atoms with Crippen LogP contribution in [0.1, 0.15) is 6.42 Å². The first kappa shape index (κ1) is 14.3. The van der Waals surface area contributed by atoms with Gasteiger partial charge in [0.1, 0.15) is 4.90 Å². The Kier molecular flexibility index (Phi) is 4.66. The molecule has 0 N–H and O–H groups in total. The predicted octanol–water partition coefficient (Wildman–Crippen LogP) is 2.51. The minimum absolute atomic E-state index is 0.147. The fraction of sp³-hybridized carbons (Fsp3) is 0.455. The second kappa shape index (κ2) is 5.88. The molecule has 7 heteroatoms. The maximum Gasteiger partial charge on any atom is 0.244 e. The van der Waals surface area contributed by atoms with Crippen molar-refractivity contribution in [2.75, 3.05) is 26.3 Å². The highest BCUT2D eigenvalue weighted by Gasteiger charge is 2.27. The highest BCUT2D eigenvalue weighted by molar-refractivity contribution is 9.10. The zero-order chi connectivity index (χ0) is 13.2. The highest BCUT2D eigenvalue weighted by Crippen LogP contribution is 2.28. The van der Waals surface area contributed by atoms with Crippen LogP contribution in [0.2, 0.25) is 5.02 Å². The molecule has 18 heavy (non-hydrogen) atoms. The summed E-state index contributed by atoms with van der Waals surface area (Å²) in [4.78, 5) is 0.147. The third-order valence-corrected chi connectivity index (χ3v) is 5.57. The van der Waals surface area contributed by atoms with Crippen molar-refractivity contribution in [2.24, 2.45) is 0 Å². The Morgan fingerprint density at radius 2 is 2.06 bits per heavy atom. The number of hydrogen-bond acceptors (Lipinski definition) is 3. The van der Waals surface area contributed by atoms with Gasteiger partial charge in [0, 0.05) is 24.2 Å². The molecule has 4 nitrogen and oxygen atoms in total. The van der Waals surface area contributed by atoms with Crippen LogP contribution in [0.25, 0.3) is 0 Å². The van der Waals surface area contributed by atoms with E-state index in [9.17, 15) is 8.42 Å². The van der Waals surface area contributed by atoms with Crippen molar-refractivity contribution in [2.45, 2.75) is 11.3 Å². The van der Waals surface area contributed by atoms with Crippen LogP contribution in [0.4, 0.5) is 0 Å². The summed E-state index contributed by atoms with van der Waals surface area (Å²) in [7, 11) is -3.53. The smallest absolute Gasteiger partial charge is 0.244 e. The molecule has 0 bridgehead atoms. The van der Waals surface area contributed by atoms with Gasteiger partial charge in [-0.1, -0.05) is 27.5 Å². The van der Waals surface area contributed by atoms with Gasteiger partial charge in [-0.25, -0.2) is 8.42 Å². The summed E-state index contributed by atoms with van der Waals surface area (Å²) in [6, 6.07) is 4.78. The van der Waals surface area contributed by atoms with Crippen molar-refractivity contribution >= 4 is 37.6 Å². The van der Waals surface area contributed by atoms with Crippen molar-refractivity contribution in [3.8, 4) is 0 Å². The van der Waals surface area contributed by atoms with Crippen LogP contribution in [0.15, 0.2) is 27.6 Å². The van der Waals surface area contributed by atoms with E-state index in [0.717, 1.165) is 4.47 Å². The number of halogens is 2. The van der Waals surface area contributed by atoms with Crippen LogP contribution in [0.5, 0.6) is 0 Å². The van der Waals surface area contributed by atoms with E-state index in [0.29, 0.717) is 32.7 Å². The first-order valence-corrected chi connectivity index (χ1v) is 8.16. The van der Waals surface area contributed by atoms with Gasteiger partial charge in [-0.15, -0.1) is 0 Å². The van der Waals surface area contributed by atoms with E-state index in [1.165, 1.54) is 10.4 Å². The van der Waals surface area contributed by atoms with E-state index < -0.39 is 10.0 Å². The molecule has 1 aromatic carbocycles. The highest BCUT2D eigenvalue weighted by atomic mass is 79.9. The largest absolute Gasteiger partial charge is 0.380 e. The second-order valence-electron chi connectivity index (χ2n) is 3.94. The Balaban J connectivity index is 2.34. The van der Waals surface area contributed by atoms with Crippen LogP contribution in [0.3, 0.4) is 0 Å². The lowest BCUT2D eigenvalue weighted by atomic mass is 10.4. The normalized spacial score (nSPS) is 18.6. The van der Waals surface area contributed by atoms with Gasteiger partial charge >= 0.3 is 0 Å². The van der Waals surface area contributed by atoms with Gasteiger partial charge in [0.25, 0.3) is 0 Å². The van der Waals surface area contributed by atoms with Crippen LogP contribution in [-0.2, 0) is 14.8 Å². The van der Waals surface area contributed by atoms with Crippen LogP contribution in [0, 0.1) is 0 Å². The Morgan fingerprint density at radius 1 is 1.28 bits per heavy atom. The van der Waals surface area contributed by atoms with E-state index in [1.54, 1.807) is 12.1 Å². The summed E-state index contributed by atoms with van der Waals surface area (Å²) in [5, 5.41) is 0.231. The van der Waals surface area contributed by atoms with E-state index in [2.05, 4.69) is 15.9 Å². The third-order valence-electron chi connectivity index (χ3n) is 2.69. The van der Waals surface area contributed by atoms with Crippen LogP contribution >= 0.6 is 27.5 Å². The minimum atomic E-state index is -3.53. The minimum Gasteiger partial charge on any atom is -0.380 e. The molecule has 0 unspecified atom stereocenters. The summed E-state index contributed by atoms with van der Waals surface area (Å²) in [5.41, 5.74) is 0. The number of sulfonamides is 1. The number of hydrogen-bond donors (Lipinski definition) is 0. The average molecular weight is 355 g/mol. The van der Waals surface area contributed by atoms with E-state index in [-0.39, 0.29) is 9.92 Å². The molecule has 0 aliphatic carbocycles. The summed E-state index contributed by atoms with van der Waals surface area (Å²) >= 11 is 9.27. The molecule has 1 heterocycles. The number of ether oxygens (including phenoxy) is 1. The van der Waals surface area contributed by atoms with Gasteiger partial charge in [-0.05, 0) is 24.6 Å². The molecule has 1 fully saturated rings. The molecular weight excluding hydrogens is 342 g/mol. The van der Waals surface area contributed by atoms with Gasteiger partial charge < -0.3 is 4.74 Å². The monoisotopic (exact) mass is 353 g/mol. The van der Waals surface area contributed by atoms with E-state index in [1.807, 2.05) is 0 Å². The van der Waals surface area contributed by atoms with E-state index >= 15 is 0 Å². The lowest BCUT2D eigenvalue weighted by Crippen LogP contribution is -2.33. The molecule has 0 saturated carbocycles. The van der Waals surface area contributed by atoms with Crippen molar-refractivity contribution in [3.63, 3.8) is 0 Å². The quantitative estimate of drug-likeness (QED) is 0.820. The van der Waals surface area contributed by atoms with Crippen molar-refractivity contribution in [3.05, 3.63) is 27.7 Å². The SMILES string of the molecule is O=S(=O)(c1ccc(Br)cc1Cl)N1CCCOCC1. The zero-order valence-corrected chi connectivity index (χ0v) is 12.8. The second-order valence-corrected chi connectivity index (χ2v) is 7.17. The van der Waals surface area contributed by atoms with Gasteiger partial charge in [0.15, 0.2) is 0 Å². The van der Waals surface area contributed by atoms with Crippen molar-refractivity contribution in [1.29, 1.82) is 0 Å². The average Bonchev–Trinajstić information content (AvgIpc) is 2.57. The summed E-state index contributed by atoms with van der Waals surface area (Å²) in [5.74, 6) is 0. The Bertz CT molecular complexity index is 527. The molecule has 0 amide bonds. The standard InChI is InChI=1S/C11H13BrClNO3S/c12-9-2-3-11(10(13)8-9)18(15,16)14-4-1-6-17-7-5-14/h2-3,8H,1,4-7H2. The summed E-state index contributed by atoms with van der Waals surface area (Å²) < 4.78 is 32.3. The Hall–Kier alpha value is -0.140. The molecule has 2 rings (SSSR count). The third kappa shape index (κ3) is 3.05. The lowest BCUT2D eigenvalue weighted by molar-refractivity contribution is 0.148. The van der Waals surface area contributed by atoms with Crippen LogP contribution in [-0.4, -0.2) is 39.0 Å². The number of nitrogens with zero attached hydrogens (tertiary/aromatic N) is 1. The molecule has 100 valence electrons. The fourth-order valence-corrected chi connectivity index (χ4v) is 4.26.